The molecule has 0 unspecified atom stereocenters. The number of carbonyl (C=O) groups excluding carboxylic acids is 1. The second kappa shape index (κ2) is 8.23. The van der Waals surface area contributed by atoms with Gasteiger partial charge in [-0.2, -0.15) is 0 Å². The van der Waals surface area contributed by atoms with Crippen molar-refractivity contribution in [2.75, 3.05) is 17.6 Å². The van der Waals surface area contributed by atoms with Crippen molar-refractivity contribution in [3.05, 3.63) is 59.2 Å². The third kappa shape index (κ3) is 5.77. The number of anilines is 1. The number of ether oxygens (including phenoxy) is 1. The molecule has 0 fully saturated rings. The average molecular weight is 376 g/mol. The van der Waals surface area contributed by atoms with Crippen LogP contribution in [0.3, 0.4) is 0 Å². The fourth-order valence-corrected chi connectivity index (χ4v) is 3.01. The van der Waals surface area contributed by atoms with Crippen LogP contribution in [0.2, 0.25) is 0 Å². The zero-order valence-corrected chi connectivity index (χ0v) is 16.2. The molecule has 1 atom stereocenters. The molecule has 0 aliphatic carbocycles. The van der Waals surface area contributed by atoms with Crippen LogP contribution in [-0.2, 0) is 10.0 Å². The molecule has 0 aromatic heterocycles. The fourth-order valence-electron chi connectivity index (χ4n) is 2.39. The van der Waals surface area contributed by atoms with E-state index < -0.39 is 10.0 Å². The number of benzene rings is 2. The van der Waals surface area contributed by atoms with Gasteiger partial charge in [0.2, 0.25) is 10.0 Å². The van der Waals surface area contributed by atoms with Crippen molar-refractivity contribution in [2.45, 2.75) is 26.8 Å². The predicted molar refractivity (Wildman–Crippen MR) is 103 cm³/mol. The van der Waals surface area contributed by atoms with Crippen LogP contribution < -0.4 is 14.8 Å². The molecule has 2 aromatic carbocycles. The first-order chi connectivity index (χ1) is 12.2. The number of sulfonamides is 1. The van der Waals surface area contributed by atoms with Gasteiger partial charge in [-0.15, -0.1) is 0 Å². The molecular weight excluding hydrogens is 352 g/mol. The summed E-state index contributed by atoms with van der Waals surface area (Å²) in [6.45, 7) is 5.88. The SMILES string of the molecule is Cc1ccc(OC[C@H](C)NC(=O)c2cccc(NS(C)(=O)=O)c2C)cc1. The molecule has 2 aromatic rings. The monoisotopic (exact) mass is 376 g/mol. The molecule has 0 radical (unpaired) electrons. The Morgan fingerprint density at radius 1 is 1.12 bits per heavy atom. The van der Waals surface area contributed by atoms with Crippen LogP contribution >= 0.6 is 0 Å². The lowest BCUT2D eigenvalue weighted by molar-refractivity contribution is 0.0926. The maximum absolute atomic E-state index is 12.5. The summed E-state index contributed by atoms with van der Waals surface area (Å²) in [7, 11) is -3.41. The van der Waals surface area contributed by atoms with Gasteiger partial charge in [0.05, 0.1) is 18.0 Å². The summed E-state index contributed by atoms with van der Waals surface area (Å²) in [5, 5.41) is 2.87. The summed E-state index contributed by atoms with van der Waals surface area (Å²) in [5.74, 6) is 0.465. The van der Waals surface area contributed by atoms with Crippen LogP contribution in [0.15, 0.2) is 42.5 Å². The summed E-state index contributed by atoms with van der Waals surface area (Å²) in [6, 6.07) is 12.4. The van der Waals surface area contributed by atoms with Crippen LogP contribution in [0, 0.1) is 13.8 Å². The fraction of sp³-hybridized carbons (Fsp3) is 0.316. The Balaban J connectivity index is 2.00. The number of hydrogen-bond donors (Lipinski definition) is 2. The van der Waals surface area contributed by atoms with E-state index in [-0.39, 0.29) is 11.9 Å². The Kier molecular flexibility index (Phi) is 6.26. The molecule has 6 nitrogen and oxygen atoms in total. The topological polar surface area (TPSA) is 84.5 Å². The molecule has 0 aliphatic rings. The molecule has 0 saturated carbocycles. The highest BCUT2D eigenvalue weighted by molar-refractivity contribution is 7.92. The van der Waals surface area contributed by atoms with E-state index in [1.807, 2.05) is 38.1 Å². The maximum Gasteiger partial charge on any atom is 0.251 e. The second-order valence-electron chi connectivity index (χ2n) is 6.35. The zero-order valence-electron chi connectivity index (χ0n) is 15.4. The molecule has 1 amide bonds. The van der Waals surface area contributed by atoms with Gasteiger partial charge in [0, 0.05) is 5.56 Å². The maximum atomic E-state index is 12.5. The standard InChI is InChI=1S/C19H24N2O4S/c1-13-8-10-16(11-9-13)25-12-14(2)20-19(22)17-6-5-7-18(15(17)3)21-26(4,23)24/h5-11,14,21H,12H2,1-4H3,(H,20,22)/t14-/m0/s1. The summed E-state index contributed by atoms with van der Waals surface area (Å²) in [5.41, 5.74) is 2.53. The van der Waals surface area contributed by atoms with Gasteiger partial charge >= 0.3 is 0 Å². The van der Waals surface area contributed by atoms with E-state index in [4.69, 9.17) is 4.74 Å². The van der Waals surface area contributed by atoms with E-state index in [9.17, 15) is 13.2 Å². The lowest BCUT2D eigenvalue weighted by Crippen LogP contribution is -2.37. The molecular formula is C19H24N2O4S. The van der Waals surface area contributed by atoms with Crippen molar-refractivity contribution in [3.63, 3.8) is 0 Å². The first-order valence-electron chi connectivity index (χ1n) is 8.23. The van der Waals surface area contributed by atoms with Crippen molar-refractivity contribution in [3.8, 4) is 5.75 Å². The van der Waals surface area contributed by atoms with E-state index in [0.29, 0.717) is 23.4 Å². The summed E-state index contributed by atoms with van der Waals surface area (Å²) in [4.78, 5) is 12.5. The summed E-state index contributed by atoms with van der Waals surface area (Å²) < 4.78 is 30.9. The molecule has 0 saturated heterocycles. The Hall–Kier alpha value is -2.54. The predicted octanol–water partition coefficient (Wildman–Crippen LogP) is 2.87. The Morgan fingerprint density at radius 3 is 2.38 bits per heavy atom. The molecule has 7 heteroatoms. The van der Waals surface area contributed by atoms with Gasteiger partial charge in [-0.1, -0.05) is 23.8 Å². The smallest absolute Gasteiger partial charge is 0.251 e. The number of aryl methyl sites for hydroxylation is 1. The minimum absolute atomic E-state index is 0.213. The van der Waals surface area contributed by atoms with Gasteiger partial charge in [0.25, 0.3) is 5.91 Å². The largest absolute Gasteiger partial charge is 0.491 e. The lowest BCUT2D eigenvalue weighted by Gasteiger charge is -2.17. The van der Waals surface area contributed by atoms with Gasteiger partial charge in [-0.05, 0) is 50.6 Å². The van der Waals surface area contributed by atoms with E-state index in [1.54, 1.807) is 25.1 Å². The number of nitrogens with one attached hydrogen (secondary N) is 2. The van der Waals surface area contributed by atoms with Gasteiger partial charge in [-0.3, -0.25) is 9.52 Å². The molecule has 0 aliphatic heterocycles. The van der Waals surface area contributed by atoms with Gasteiger partial charge in [0.1, 0.15) is 12.4 Å². The number of carbonyl (C=O) groups is 1. The molecule has 0 heterocycles. The van der Waals surface area contributed by atoms with Crippen LogP contribution in [0.25, 0.3) is 0 Å². The number of hydrogen-bond acceptors (Lipinski definition) is 4. The molecule has 0 spiro atoms. The molecule has 140 valence electrons. The highest BCUT2D eigenvalue weighted by Crippen LogP contribution is 2.20. The second-order valence-corrected chi connectivity index (χ2v) is 8.10. The lowest BCUT2D eigenvalue weighted by atomic mass is 10.1. The van der Waals surface area contributed by atoms with Crippen molar-refractivity contribution in [1.29, 1.82) is 0 Å². The first-order valence-corrected chi connectivity index (χ1v) is 10.1. The van der Waals surface area contributed by atoms with E-state index in [2.05, 4.69) is 10.0 Å². The van der Waals surface area contributed by atoms with E-state index in [1.165, 1.54) is 0 Å². The minimum Gasteiger partial charge on any atom is -0.491 e. The summed E-state index contributed by atoms with van der Waals surface area (Å²) in [6.07, 6.45) is 1.07. The quantitative estimate of drug-likeness (QED) is 0.778. The van der Waals surface area contributed by atoms with Crippen LogP contribution in [-0.4, -0.2) is 33.2 Å². The van der Waals surface area contributed by atoms with Gasteiger partial charge in [-0.25, -0.2) is 8.42 Å². The van der Waals surface area contributed by atoms with Crippen molar-refractivity contribution < 1.29 is 17.9 Å². The highest BCUT2D eigenvalue weighted by atomic mass is 32.2. The van der Waals surface area contributed by atoms with E-state index >= 15 is 0 Å². The van der Waals surface area contributed by atoms with Crippen LogP contribution in [0.5, 0.6) is 5.75 Å². The van der Waals surface area contributed by atoms with Crippen molar-refractivity contribution >= 4 is 21.6 Å². The third-order valence-corrected chi connectivity index (χ3v) is 4.36. The zero-order chi connectivity index (χ0) is 19.3. The van der Waals surface area contributed by atoms with Crippen LogP contribution in [0.1, 0.15) is 28.4 Å². The van der Waals surface area contributed by atoms with Crippen molar-refractivity contribution in [2.24, 2.45) is 0 Å². The normalized spacial score (nSPS) is 12.3. The number of rotatable bonds is 7. The Labute approximate surface area is 154 Å². The highest BCUT2D eigenvalue weighted by Gasteiger charge is 2.15. The van der Waals surface area contributed by atoms with Crippen molar-refractivity contribution in [1.82, 2.24) is 5.32 Å². The summed E-state index contributed by atoms with van der Waals surface area (Å²) >= 11 is 0. The molecule has 2 N–H and O–H groups in total. The molecule has 0 bridgehead atoms. The minimum atomic E-state index is -3.41. The van der Waals surface area contributed by atoms with Crippen LogP contribution in [0.4, 0.5) is 5.69 Å². The van der Waals surface area contributed by atoms with E-state index in [0.717, 1.165) is 17.6 Å². The molecule has 26 heavy (non-hydrogen) atoms. The van der Waals surface area contributed by atoms with Gasteiger partial charge < -0.3 is 10.1 Å². The number of amides is 1. The average Bonchev–Trinajstić information content (AvgIpc) is 2.55. The first kappa shape index (κ1) is 19.8. The Bertz CT molecular complexity index is 877. The van der Waals surface area contributed by atoms with Gasteiger partial charge in [0.15, 0.2) is 0 Å². The Morgan fingerprint density at radius 2 is 1.77 bits per heavy atom. The third-order valence-electron chi connectivity index (χ3n) is 3.77. The molecule has 2 rings (SSSR count).